The van der Waals surface area contributed by atoms with Crippen molar-refractivity contribution in [3.05, 3.63) is 29.8 Å². The maximum atomic E-state index is 11.5. The molecule has 1 aliphatic heterocycles. The minimum Gasteiger partial charge on any atom is -0.504 e. The molecule has 1 heterocycles. The summed E-state index contributed by atoms with van der Waals surface area (Å²) in [5.41, 5.74) is 0.422. The predicted octanol–water partition coefficient (Wildman–Crippen LogP) is -1.34. The molecule has 1 fully saturated rings. The van der Waals surface area contributed by atoms with Crippen LogP contribution in [0.4, 0.5) is 0 Å². The van der Waals surface area contributed by atoms with Gasteiger partial charge in [0.05, 0.1) is 0 Å². The van der Waals surface area contributed by atoms with Crippen LogP contribution in [0.1, 0.15) is 5.56 Å². The highest BCUT2D eigenvalue weighted by Gasteiger charge is 2.46. The van der Waals surface area contributed by atoms with E-state index in [1.807, 2.05) is 0 Å². The fourth-order valence-corrected chi connectivity index (χ4v) is 2.02. The topological polar surface area (TPSA) is 154 Å². The SMILES string of the molecule is O=C(/C=C/c1ccc(O)c(O)c1)OCC(O)[C@H]1OC(=O)[C@H](O)[C@H]1O. The summed E-state index contributed by atoms with van der Waals surface area (Å²) in [7, 11) is 0. The molecule has 9 nitrogen and oxygen atoms in total. The number of cyclic esters (lactones) is 1. The van der Waals surface area contributed by atoms with Crippen LogP contribution < -0.4 is 0 Å². The van der Waals surface area contributed by atoms with E-state index < -0.39 is 43.0 Å². The molecule has 130 valence electrons. The number of esters is 2. The summed E-state index contributed by atoms with van der Waals surface area (Å²) < 4.78 is 9.32. The van der Waals surface area contributed by atoms with Gasteiger partial charge in [0.15, 0.2) is 23.7 Å². The molecule has 9 heteroatoms. The number of carbonyl (C=O) groups excluding carboxylic acids is 2. The van der Waals surface area contributed by atoms with Crippen LogP contribution in [0.3, 0.4) is 0 Å². The van der Waals surface area contributed by atoms with Gasteiger partial charge in [0, 0.05) is 6.08 Å². The average molecular weight is 340 g/mol. The summed E-state index contributed by atoms with van der Waals surface area (Å²) in [6.07, 6.45) is -3.93. The second kappa shape index (κ2) is 7.30. The Morgan fingerprint density at radius 3 is 2.58 bits per heavy atom. The molecule has 0 amide bonds. The predicted molar refractivity (Wildman–Crippen MR) is 77.7 cm³/mol. The number of hydrogen-bond donors (Lipinski definition) is 5. The van der Waals surface area contributed by atoms with E-state index >= 15 is 0 Å². The summed E-state index contributed by atoms with van der Waals surface area (Å²) in [5.74, 6) is -2.55. The van der Waals surface area contributed by atoms with E-state index in [9.17, 15) is 30.0 Å². The Morgan fingerprint density at radius 1 is 1.29 bits per heavy atom. The van der Waals surface area contributed by atoms with Crippen molar-refractivity contribution in [1.82, 2.24) is 0 Å². The van der Waals surface area contributed by atoms with Crippen LogP contribution in [0.15, 0.2) is 24.3 Å². The van der Waals surface area contributed by atoms with E-state index in [4.69, 9.17) is 9.84 Å². The first-order valence-electron chi connectivity index (χ1n) is 6.91. The molecule has 0 bridgehead atoms. The molecule has 1 aromatic rings. The Labute approximate surface area is 136 Å². The third-order valence-corrected chi connectivity index (χ3v) is 3.34. The summed E-state index contributed by atoms with van der Waals surface area (Å²) in [5, 5.41) is 47.0. The molecule has 4 atom stereocenters. The van der Waals surface area contributed by atoms with Crippen LogP contribution >= 0.6 is 0 Å². The molecular weight excluding hydrogens is 324 g/mol. The molecule has 1 aromatic carbocycles. The molecule has 0 radical (unpaired) electrons. The lowest BCUT2D eigenvalue weighted by Crippen LogP contribution is -2.41. The van der Waals surface area contributed by atoms with E-state index in [1.54, 1.807) is 0 Å². The van der Waals surface area contributed by atoms with Gasteiger partial charge in [-0.05, 0) is 23.8 Å². The number of hydrogen-bond acceptors (Lipinski definition) is 9. The van der Waals surface area contributed by atoms with Crippen LogP contribution in [0.5, 0.6) is 11.5 Å². The van der Waals surface area contributed by atoms with E-state index in [0.29, 0.717) is 5.56 Å². The Bertz CT molecular complexity index is 654. The maximum Gasteiger partial charge on any atom is 0.338 e. The van der Waals surface area contributed by atoms with Gasteiger partial charge >= 0.3 is 11.9 Å². The molecule has 2 rings (SSSR count). The number of benzene rings is 1. The van der Waals surface area contributed by atoms with Crippen molar-refractivity contribution in [2.45, 2.75) is 24.4 Å². The first-order valence-corrected chi connectivity index (χ1v) is 6.91. The molecule has 1 aliphatic rings. The smallest absolute Gasteiger partial charge is 0.338 e. The number of aliphatic hydroxyl groups is 3. The molecule has 1 saturated heterocycles. The van der Waals surface area contributed by atoms with E-state index in [1.165, 1.54) is 24.3 Å². The number of aliphatic hydroxyl groups excluding tert-OH is 3. The molecule has 0 spiro atoms. The number of ether oxygens (including phenoxy) is 2. The van der Waals surface area contributed by atoms with Crippen molar-refractivity contribution in [3.63, 3.8) is 0 Å². The van der Waals surface area contributed by atoms with Gasteiger partial charge in [-0.3, -0.25) is 0 Å². The van der Waals surface area contributed by atoms with Crippen LogP contribution in [0, 0.1) is 0 Å². The normalized spacial score (nSPS) is 24.8. The number of aromatic hydroxyl groups is 2. The molecule has 5 N–H and O–H groups in total. The first kappa shape index (κ1) is 17.7. The van der Waals surface area contributed by atoms with Crippen molar-refractivity contribution >= 4 is 18.0 Å². The van der Waals surface area contributed by atoms with Crippen molar-refractivity contribution in [2.75, 3.05) is 6.61 Å². The number of carbonyl (C=O) groups is 2. The monoisotopic (exact) mass is 340 g/mol. The quantitative estimate of drug-likeness (QED) is 0.249. The average Bonchev–Trinajstić information content (AvgIpc) is 2.81. The Balaban J connectivity index is 1.85. The van der Waals surface area contributed by atoms with Gasteiger partial charge < -0.3 is 35.0 Å². The lowest BCUT2D eigenvalue weighted by molar-refractivity contribution is -0.154. The lowest BCUT2D eigenvalue weighted by Gasteiger charge is -2.19. The minimum absolute atomic E-state index is 0.301. The fourth-order valence-electron chi connectivity index (χ4n) is 2.02. The molecule has 24 heavy (non-hydrogen) atoms. The van der Waals surface area contributed by atoms with Gasteiger partial charge in [-0.25, -0.2) is 9.59 Å². The summed E-state index contributed by atoms with van der Waals surface area (Å²) >= 11 is 0. The van der Waals surface area contributed by atoms with Gasteiger partial charge in [0.1, 0.15) is 18.8 Å². The van der Waals surface area contributed by atoms with Crippen molar-refractivity contribution in [1.29, 1.82) is 0 Å². The molecular formula is C15H16O9. The van der Waals surface area contributed by atoms with Crippen molar-refractivity contribution in [3.8, 4) is 11.5 Å². The highest BCUT2D eigenvalue weighted by atomic mass is 16.6. The Kier molecular flexibility index (Phi) is 5.39. The van der Waals surface area contributed by atoms with Crippen molar-refractivity contribution in [2.24, 2.45) is 0 Å². The lowest BCUT2D eigenvalue weighted by atomic mass is 10.1. The minimum atomic E-state index is -1.75. The molecule has 0 aliphatic carbocycles. The third-order valence-electron chi connectivity index (χ3n) is 3.34. The Hall–Kier alpha value is -2.62. The van der Waals surface area contributed by atoms with Gasteiger partial charge in [0.2, 0.25) is 0 Å². The van der Waals surface area contributed by atoms with Gasteiger partial charge in [-0.2, -0.15) is 0 Å². The zero-order valence-electron chi connectivity index (χ0n) is 12.3. The van der Waals surface area contributed by atoms with Gasteiger partial charge in [-0.1, -0.05) is 6.07 Å². The number of rotatable bonds is 5. The highest BCUT2D eigenvalue weighted by Crippen LogP contribution is 2.25. The summed E-state index contributed by atoms with van der Waals surface area (Å²) in [4.78, 5) is 22.6. The number of phenols is 2. The van der Waals surface area contributed by atoms with Crippen molar-refractivity contribution < 1.29 is 44.6 Å². The second-order valence-electron chi connectivity index (χ2n) is 5.12. The first-order chi connectivity index (χ1) is 11.3. The fraction of sp³-hybridized carbons (Fsp3) is 0.333. The summed E-state index contributed by atoms with van der Waals surface area (Å²) in [6, 6.07) is 3.92. The molecule has 0 aromatic heterocycles. The van der Waals surface area contributed by atoms with Crippen LogP contribution in [0.2, 0.25) is 0 Å². The van der Waals surface area contributed by atoms with E-state index in [0.717, 1.165) is 6.08 Å². The van der Waals surface area contributed by atoms with E-state index in [2.05, 4.69) is 4.74 Å². The highest BCUT2D eigenvalue weighted by molar-refractivity contribution is 5.87. The second-order valence-corrected chi connectivity index (χ2v) is 5.12. The maximum absolute atomic E-state index is 11.5. The zero-order chi connectivity index (χ0) is 17.9. The number of phenolic OH excluding ortho intramolecular Hbond substituents is 2. The third kappa shape index (κ3) is 4.02. The summed E-state index contributed by atoms with van der Waals surface area (Å²) in [6.45, 7) is -0.564. The largest absolute Gasteiger partial charge is 0.504 e. The molecule has 0 saturated carbocycles. The van der Waals surface area contributed by atoms with Crippen LogP contribution in [-0.2, 0) is 19.1 Å². The molecule has 1 unspecified atom stereocenters. The van der Waals surface area contributed by atoms with Crippen LogP contribution in [0.25, 0.3) is 6.08 Å². The zero-order valence-corrected chi connectivity index (χ0v) is 12.3. The Morgan fingerprint density at radius 2 is 2.00 bits per heavy atom. The van der Waals surface area contributed by atoms with Gasteiger partial charge in [0.25, 0.3) is 0 Å². The van der Waals surface area contributed by atoms with Crippen LogP contribution in [-0.4, -0.2) is 68.5 Å². The van der Waals surface area contributed by atoms with Gasteiger partial charge in [-0.15, -0.1) is 0 Å². The standard InChI is InChI=1S/C15H16O9/c16-8-3-1-7(5-9(8)17)2-4-11(19)23-6-10(18)14-12(20)13(21)15(22)24-14/h1-5,10,12-14,16-18,20-21H,6H2/b4-2+/t10?,12-,13-,14-/m1/s1. The van der Waals surface area contributed by atoms with E-state index in [-0.39, 0.29) is 11.5 Å².